The lowest BCUT2D eigenvalue weighted by Crippen LogP contribution is -2.15. The molecule has 0 aromatic carbocycles. The minimum atomic E-state index is -0.199. The van der Waals surface area contributed by atoms with Crippen molar-refractivity contribution in [2.45, 2.75) is 32.6 Å². The van der Waals surface area contributed by atoms with Gasteiger partial charge >= 0.3 is 0 Å². The van der Waals surface area contributed by atoms with E-state index in [1.54, 1.807) is 6.08 Å². The van der Waals surface area contributed by atoms with Crippen LogP contribution in [-0.4, -0.2) is 13.1 Å². The molecule has 1 aliphatic rings. The number of rotatable bonds is 5. The van der Waals surface area contributed by atoms with E-state index in [4.69, 9.17) is 0 Å². The molecule has 0 spiro atoms. The van der Waals surface area contributed by atoms with E-state index < -0.39 is 0 Å². The van der Waals surface area contributed by atoms with Gasteiger partial charge in [-0.25, -0.2) is 4.39 Å². The van der Waals surface area contributed by atoms with E-state index in [1.165, 1.54) is 18.4 Å². The van der Waals surface area contributed by atoms with E-state index in [0.29, 0.717) is 12.1 Å². The van der Waals surface area contributed by atoms with Crippen molar-refractivity contribution in [3.8, 4) is 0 Å². The summed E-state index contributed by atoms with van der Waals surface area (Å²) in [7, 11) is 0. The van der Waals surface area contributed by atoms with Crippen molar-refractivity contribution >= 4 is 0 Å². The van der Waals surface area contributed by atoms with Gasteiger partial charge in [-0.3, -0.25) is 0 Å². The Kier molecular flexibility index (Phi) is 5.33. The number of hydrogen-bond donors (Lipinski definition) is 1. The van der Waals surface area contributed by atoms with E-state index in [0.717, 1.165) is 19.4 Å². The van der Waals surface area contributed by atoms with Crippen LogP contribution >= 0.6 is 0 Å². The molecule has 0 heterocycles. The first kappa shape index (κ1) is 12.2. The fourth-order valence-corrected chi connectivity index (χ4v) is 1.66. The third-order valence-electron chi connectivity index (χ3n) is 2.64. The van der Waals surface area contributed by atoms with Crippen LogP contribution in [-0.2, 0) is 0 Å². The molecule has 0 aromatic heterocycles. The topological polar surface area (TPSA) is 12.0 Å². The van der Waals surface area contributed by atoms with Gasteiger partial charge in [-0.1, -0.05) is 25.2 Å². The van der Waals surface area contributed by atoms with E-state index in [2.05, 4.69) is 11.9 Å². The summed E-state index contributed by atoms with van der Waals surface area (Å²) in [4.78, 5) is 0. The Morgan fingerprint density at radius 1 is 1.47 bits per heavy atom. The van der Waals surface area contributed by atoms with Crippen LogP contribution < -0.4 is 5.32 Å². The fraction of sp³-hybridized carbons (Fsp3) is 0.538. The van der Waals surface area contributed by atoms with Gasteiger partial charge in [0.15, 0.2) is 0 Å². The van der Waals surface area contributed by atoms with Crippen LogP contribution in [0.15, 0.2) is 35.7 Å². The predicted octanol–water partition coefficient (Wildman–Crippen LogP) is 3.51. The Bertz CT molecular complexity index is 268. The van der Waals surface area contributed by atoms with Gasteiger partial charge in [0.25, 0.3) is 0 Å². The summed E-state index contributed by atoms with van der Waals surface area (Å²) in [6.45, 7) is 7.07. The van der Waals surface area contributed by atoms with Gasteiger partial charge in [-0.2, -0.15) is 0 Å². The summed E-state index contributed by atoms with van der Waals surface area (Å²) in [5.41, 5.74) is 1.90. The summed E-state index contributed by atoms with van der Waals surface area (Å²) >= 11 is 0. The van der Waals surface area contributed by atoms with Crippen molar-refractivity contribution in [1.29, 1.82) is 0 Å². The highest BCUT2D eigenvalue weighted by molar-refractivity contribution is 5.29. The van der Waals surface area contributed by atoms with E-state index in [-0.39, 0.29) is 5.83 Å². The third-order valence-corrected chi connectivity index (χ3v) is 2.64. The largest absolute Gasteiger partial charge is 0.313 e. The molecule has 0 aliphatic heterocycles. The smallest absolute Gasteiger partial charge is 0.127 e. The van der Waals surface area contributed by atoms with Crippen LogP contribution in [0.2, 0.25) is 0 Å². The molecule has 0 radical (unpaired) electrons. The molecule has 1 N–H and O–H groups in total. The molecule has 0 aromatic rings. The Hall–Kier alpha value is -0.890. The van der Waals surface area contributed by atoms with Crippen LogP contribution in [0.3, 0.4) is 0 Å². The molecule has 1 aliphatic carbocycles. The average Bonchev–Trinajstić information content (AvgIpc) is 2.75. The number of hydrogen-bond acceptors (Lipinski definition) is 1. The first-order valence-corrected chi connectivity index (χ1v) is 5.68. The second-order valence-electron chi connectivity index (χ2n) is 3.93. The summed E-state index contributed by atoms with van der Waals surface area (Å²) in [5.74, 6) is -0.199. The quantitative estimate of drug-likeness (QED) is 0.683. The van der Waals surface area contributed by atoms with E-state index in [9.17, 15) is 4.39 Å². The van der Waals surface area contributed by atoms with Gasteiger partial charge in [0.2, 0.25) is 0 Å². The summed E-state index contributed by atoms with van der Waals surface area (Å²) in [5, 5.41) is 3.06. The van der Waals surface area contributed by atoms with E-state index in [1.807, 2.05) is 13.0 Å². The Morgan fingerprint density at radius 3 is 2.73 bits per heavy atom. The second kappa shape index (κ2) is 6.57. The average molecular weight is 209 g/mol. The summed E-state index contributed by atoms with van der Waals surface area (Å²) in [6, 6.07) is 0. The van der Waals surface area contributed by atoms with Gasteiger partial charge in [0.1, 0.15) is 5.83 Å². The van der Waals surface area contributed by atoms with Crippen molar-refractivity contribution in [2.75, 3.05) is 13.1 Å². The standard InChI is InChI=1S/C13H20FN/c1-3-15-10-11(2)13(14)9-8-12-6-4-5-7-12/h8-9,15H,2-7,10H2,1H3/b13-9+. The maximum Gasteiger partial charge on any atom is 0.127 e. The maximum absolute atomic E-state index is 13.5. The highest BCUT2D eigenvalue weighted by Crippen LogP contribution is 2.24. The number of likely N-dealkylation sites (N-methyl/N-ethyl adjacent to an activating group) is 1. The summed E-state index contributed by atoms with van der Waals surface area (Å²) < 4.78 is 13.5. The lowest BCUT2D eigenvalue weighted by molar-refractivity contribution is 0.633. The van der Waals surface area contributed by atoms with Gasteiger partial charge in [-0.15, -0.1) is 0 Å². The molecule has 0 atom stereocenters. The lowest BCUT2D eigenvalue weighted by atomic mass is 10.2. The molecule has 84 valence electrons. The first-order valence-electron chi connectivity index (χ1n) is 5.68. The Labute approximate surface area is 91.8 Å². The molecular formula is C13H20FN. The zero-order valence-corrected chi connectivity index (χ0v) is 9.48. The maximum atomic E-state index is 13.5. The lowest BCUT2D eigenvalue weighted by Gasteiger charge is -2.02. The van der Waals surface area contributed by atoms with Crippen molar-refractivity contribution in [1.82, 2.24) is 5.32 Å². The molecule has 0 bridgehead atoms. The molecule has 0 saturated heterocycles. The molecule has 1 saturated carbocycles. The minimum Gasteiger partial charge on any atom is -0.313 e. The van der Waals surface area contributed by atoms with Crippen LogP contribution in [0.25, 0.3) is 0 Å². The zero-order valence-electron chi connectivity index (χ0n) is 9.48. The second-order valence-corrected chi connectivity index (χ2v) is 3.93. The first-order chi connectivity index (χ1) is 7.24. The van der Waals surface area contributed by atoms with Crippen LogP contribution in [0.1, 0.15) is 32.6 Å². The predicted molar refractivity (Wildman–Crippen MR) is 63.4 cm³/mol. The molecule has 1 fully saturated rings. The van der Waals surface area contributed by atoms with Crippen molar-refractivity contribution in [2.24, 2.45) is 0 Å². The highest BCUT2D eigenvalue weighted by Gasteiger charge is 2.05. The summed E-state index contributed by atoms with van der Waals surface area (Å²) in [6.07, 6.45) is 8.23. The third kappa shape index (κ3) is 4.43. The van der Waals surface area contributed by atoms with Crippen LogP contribution in [0, 0.1) is 0 Å². The Balaban J connectivity index is 2.43. The number of halogens is 1. The zero-order chi connectivity index (χ0) is 11.1. The molecule has 1 rings (SSSR count). The molecule has 2 heteroatoms. The van der Waals surface area contributed by atoms with Crippen molar-refractivity contribution in [3.05, 3.63) is 35.7 Å². The van der Waals surface area contributed by atoms with Crippen LogP contribution in [0.4, 0.5) is 4.39 Å². The monoisotopic (exact) mass is 209 g/mol. The normalized spacial score (nSPS) is 16.9. The molecule has 0 amide bonds. The molecule has 0 unspecified atom stereocenters. The molecule has 1 nitrogen and oxygen atoms in total. The van der Waals surface area contributed by atoms with E-state index >= 15 is 0 Å². The number of allylic oxidation sites excluding steroid dienone is 3. The minimum absolute atomic E-state index is 0.199. The fourth-order valence-electron chi connectivity index (χ4n) is 1.66. The van der Waals surface area contributed by atoms with Gasteiger partial charge < -0.3 is 5.32 Å². The Morgan fingerprint density at radius 2 is 2.13 bits per heavy atom. The van der Waals surface area contributed by atoms with Gasteiger partial charge in [0.05, 0.1) is 0 Å². The molecular weight excluding hydrogens is 189 g/mol. The van der Waals surface area contributed by atoms with Crippen LogP contribution in [0.5, 0.6) is 0 Å². The SMILES string of the molecule is C=C(CNCC)/C(F)=C\C=C1CCCC1. The number of nitrogens with one attached hydrogen (secondary N) is 1. The van der Waals surface area contributed by atoms with Crippen molar-refractivity contribution < 1.29 is 4.39 Å². The highest BCUT2D eigenvalue weighted by atomic mass is 19.1. The van der Waals surface area contributed by atoms with Gasteiger partial charge in [-0.05, 0) is 43.9 Å². The van der Waals surface area contributed by atoms with Gasteiger partial charge in [0, 0.05) is 6.54 Å². The van der Waals surface area contributed by atoms with Crippen molar-refractivity contribution in [3.63, 3.8) is 0 Å². The molecule has 15 heavy (non-hydrogen) atoms.